The van der Waals surface area contributed by atoms with E-state index in [1.807, 2.05) is 46.4 Å². The van der Waals surface area contributed by atoms with Gasteiger partial charge in [-0.2, -0.15) is 15.3 Å². The lowest BCUT2D eigenvalue weighted by Crippen LogP contribution is -2.19. The van der Waals surface area contributed by atoms with Crippen molar-refractivity contribution in [2.24, 2.45) is 0 Å². The van der Waals surface area contributed by atoms with Crippen LogP contribution in [0.2, 0.25) is 0 Å². The van der Waals surface area contributed by atoms with E-state index in [9.17, 15) is 4.39 Å². The SMILES string of the molecule is CCn1ncc(Cn2cc(NC(=S)Nc3c(C)nn(Cc4cccc(F)c4)c3C)cn2)c1C. The summed E-state index contributed by atoms with van der Waals surface area (Å²) in [4.78, 5) is 0. The van der Waals surface area contributed by atoms with Crippen molar-refractivity contribution in [3.8, 4) is 0 Å². The number of nitrogens with one attached hydrogen (secondary N) is 2. The Kier molecular flexibility index (Phi) is 6.55. The molecule has 3 heterocycles. The van der Waals surface area contributed by atoms with Gasteiger partial charge in [-0.15, -0.1) is 0 Å². The molecule has 3 aromatic heterocycles. The quantitative estimate of drug-likeness (QED) is 0.396. The van der Waals surface area contributed by atoms with Crippen LogP contribution in [0, 0.1) is 26.6 Å². The maximum atomic E-state index is 13.5. The van der Waals surface area contributed by atoms with Gasteiger partial charge in [0.15, 0.2) is 5.11 Å². The average Bonchev–Trinajstić information content (AvgIpc) is 3.43. The van der Waals surface area contributed by atoms with Crippen molar-refractivity contribution in [1.82, 2.24) is 29.3 Å². The Morgan fingerprint density at radius 3 is 2.58 bits per heavy atom. The molecule has 10 heteroatoms. The average molecular weight is 467 g/mol. The second kappa shape index (κ2) is 9.53. The van der Waals surface area contributed by atoms with Crippen LogP contribution in [0.15, 0.2) is 42.9 Å². The van der Waals surface area contributed by atoms with Crippen LogP contribution in [-0.4, -0.2) is 34.5 Å². The van der Waals surface area contributed by atoms with Gasteiger partial charge in [-0.1, -0.05) is 12.1 Å². The number of thiocarbonyl (C=S) groups is 1. The van der Waals surface area contributed by atoms with Crippen molar-refractivity contribution in [3.05, 3.63) is 76.9 Å². The van der Waals surface area contributed by atoms with E-state index in [0.717, 1.165) is 46.1 Å². The second-order valence-corrected chi connectivity index (χ2v) is 8.32. The normalized spacial score (nSPS) is 11.1. The maximum absolute atomic E-state index is 13.5. The van der Waals surface area contributed by atoms with Crippen molar-refractivity contribution >= 4 is 28.7 Å². The molecule has 0 spiro atoms. The zero-order chi connectivity index (χ0) is 23.5. The van der Waals surface area contributed by atoms with Crippen LogP contribution in [0.25, 0.3) is 0 Å². The zero-order valence-corrected chi connectivity index (χ0v) is 19.9. The van der Waals surface area contributed by atoms with Gasteiger partial charge in [0.05, 0.1) is 48.2 Å². The number of hydrogen-bond donors (Lipinski definition) is 2. The van der Waals surface area contributed by atoms with Crippen LogP contribution in [0.1, 0.15) is 35.1 Å². The molecule has 8 nitrogen and oxygen atoms in total. The van der Waals surface area contributed by atoms with E-state index >= 15 is 0 Å². The molecule has 0 atom stereocenters. The summed E-state index contributed by atoms with van der Waals surface area (Å²) in [5.74, 6) is -0.257. The lowest BCUT2D eigenvalue weighted by Gasteiger charge is -2.10. The molecule has 1 aromatic carbocycles. The number of benzene rings is 1. The first-order valence-electron chi connectivity index (χ1n) is 10.7. The fourth-order valence-corrected chi connectivity index (χ4v) is 3.98. The van der Waals surface area contributed by atoms with E-state index in [4.69, 9.17) is 12.2 Å². The molecule has 4 rings (SSSR count). The molecular formula is C23H27FN8S. The third kappa shape index (κ3) is 5.11. The van der Waals surface area contributed by atoms with Crippen molar-refractivity contribution < 1.29 is 4.39 Å². The van der Waals surface area contributed by atoms with Gasteiger partial charge in [-0.3, -0.25) is 14.0 Å². The highest BCUT2D eigenvalue weighted by molar-refractivity contribution is 7.80. The van der Waals surface area contributed by atoms with E-state index < -0.39 is 0 Å². The molecule has 172 valence electrons. The smallest absolute Gasteiger partial charge is 0.175 e. The molecule has 0 fully saturated rings. The van der Waals surface area contributed by atoms with Crippen molar-refractivity contribution in [1.29, 1.82) is 0 Å². The highest BCUT2D eigenvalue weighted by Gasteiger charge is 2.14. The maximum Gasteiger partial charge on any atom is 0.175 e. The topological polar surface area (TPSA) is 77.5 Å². The van der Waals surface area contributed by atoms with Gasteiger partial charge in [-0.25, -0.2) is 4.39 Å². The first-order valence-corrected chi connectivity index (χ1v) is 11.1. The lowest BCUT2D eigenvalue weighted by molar-refractivity contribution is 0.616. The van der Waals surface area contributed by atoms with Gasteiger partial charge in [-0.05, 0) is 57.6 Å². The number of nitrogens with zero attached hydrogens (tertiary/aromatic N) is 6. The molecule has 4 aromatic rings. The Labute approximate surface area is 197 Å². The first kappa shape index (κ1) is 22.7. The summed E-state index contributed by atoms with van der Waals surface area (Å²) in [6.07, 6.45) is 5.53. The molecule has 0 amide bonds. The van der Waals surface area contributed by atoms with Gasteiger partial charge in [0.2, 0.25) is 0 Å². The van der Waals surface area contributed by atoms with E-state index in [1.54, 1.807) is 12.3 Å². The Hall–Kier alpha value is -3.53. The number of aromatic nitrogens is 6. The monoisotopic (exact) mass is 466 g/mol. The molecule has 33 heavy (non-hydrogen) atoms. The lowest BCUT2D eigenvalue weighted by atomic mass is 10.2. The van der Waals surface area contributed by atoms with Gasteiger partial charge in [0, 0.05) is 24.0 Å². The predicted molar refractivity (Wildman–Crippen MR) is 131 cm³/mol. The Morgan fingerprint density at radius 1 is 1.03 bits per heavy atom. The fraction of sp³-hybridized carbons (Fsp3) is 0.304. The molecule has 0 aliphatic carbocycles. The van der Waals surface area contributed by atoms with E-state index in [-0.39, 0.29) is 5.82 Å². The number of aryl methyl sites for hydroxylation is 2. The summed E-state index contributed by atoms with van der Waals surface area (Å²) < 4.78 is 19.2. The first-order chi connectivity index (χ1) is 15.8. The van der Waals surface area contributed by atoms with Crippen molar-refractivity contribution in [2.75, 3.05) is 10.6 Å². The third-order valence-electron chi connectivity index (χ3n) is 5.57. The Bertz CT molecular complexity index is 1290. The van der Waals surface area contributed by atoms with Gasteiger partial charge in [0.25, 0.3) is 0 Å². The summed E-state index contributed by atoms with van der Waals surface area (Å²) in [7, 11) is 0. The molecule has 0 aliphatic heterocycles. The Morgan fingerprint density at radius 2 is 1.85 bits per heavy atom. The highest BCUT2D eigenvalue weighted by Crippen LogP contribution is 2.21. The van der Waals surface area contributed by atoms with Crippen LogP contribution < -0.4 is 10.6 Å². The van der Waals surface area contributed by atoms with Gasteiger partial charge < -0.3 is 10.6 Å². The summed E-state index contributed by atoms with van der Waals surface area (Å²) in [6.45, 7) is 9.97. The van der Waals surface area contributed by atoms with Crippen LogP contribution in [-0.2, 0) is 19.6 Å². The van der Waals surface area contributed by atoms with Gasteiger partial charge >= 0.3 is 0 Å². The molecule has 0 radical (unpaired) electrons. The molecule has 2 N–H and O–H groups in total. The highest BCUT2D eigenvalue weighted by atomic mass is 32.1. The van der Waals surface area contributed by atoms with Crippen LogP contribution in [0.5, 0.6) is 0 Å². The molecule has 0 aliphatic rings. The largest absolute Gasteiger partial charge is 0.330 e. The van der Waals surface area contributed by atoms with E-state index in [1.165, 1.54) is 12.1 Å². The summed E-state index contributed by atoms with van der Waals surface area (Å²) in [5.41, 5.74) is 6.46. The summed E-state index contributed by atoms with van der Waals surface area (Å²) >= 11 is 5.51. The minimum absolute atomic E-state index is 0.257. The number of rotatable bonds is 7. The third-order valence-corrected chi connectivity index (χ3v) is 5.77. The minimum Gasteiger partial charge on any atom is -0.330 e. The standard InChI is InChI=1S/C23H27FN8S/c1-5-31-16(3)19(10-26-31)13-30-14-21(11-25-30)27-23(33)28-22-15(2)29-32(17(22)4)12-18-7-6-8-20(24)9-18/h6-11,14H,5,12-13H2,1-4H3,(H2,27,28,33). The predicted octanol–water partition coefficient (Wildman–Crippen LogP) is 4.27. The summed E-state index contributed by atoms with van der Waals surface area (Å²) in [6, 6.07) is 6.53. The molecule has 0 bridgehead atoms. The minimum atomic E-state index is -0.257. The van der Waals surface area contributed by atoms with Crippen LogP contribution >= 0.6 is 12.2 Å². The Balaban J connectivity index is 1.40. The van der Waals surface area contributed by atoms with E-state index in [0.29, 0.717) is 18.2 Å². The summed E-state index contributed by atoms with van der Waals surface area (Å²) in [5, 5.41) is 20.3. The zero-order valence-electron chi connectivity index (χ0n) is 19.1. The molecule has 0 saturated heterocycles. The second-order valence-electron chi connectivity index (χ2n) is 7.91. The van der Waals surface area contributed by atoms with Crippen LogP contribution in [0.3, 0.4) is 0 Å². The number of anilines is 2. The fourth-order valence-electron chi connectivity index (χ4n) is 3.76. The van der Waals surface area contributed by atoms with Crippen LogP contribution in [0.4, 0.5) is 15.8 Å². The van der Waals surface area contributed by atoms with Gasteiger partial charge in [0.1, 0.15) is 5.82 Å². The van der Waals surface area contributed by atoms with Crippen molar-refractivity contribution in [2.45, 2.75) is 47.3 Å². The number of halogens is 1. The molecule has 0 unspecified atom stereocenters. The van der Waals surface area contributed by atoms with E-state index in [2.05, 4.69) is 39.8 Å². The number of hydrogen-bond acceptors (Lipinski definition) is 4. The van der Waals surface area contributed by atoms with Crippen molar-refractivity contribution in [3.63, 3.8) is 0 Å². The molecule has 0 saturated carbocycles. The molecular weight excluding hydrogens is 439 g/mol.